The van der Waals surface area contributed by atoms with Gasteiger partial charge >= 0.3 is 5.97 Å². The van der Waals surface area contributed by atoms with Crippen LogP contribution in [-0.2, 0) is 6.42 Å². The van der Waals surface area contributed by atoms with Gasteiger partial charge in [-0.25, -0.2) is 4.79 Å². The molecule has 0 aliphatic carbocycles. The Morgan fingerprint density at radius 1 is 0.875 bits per heavy atom. The van der Waals surface area contributed by atoms with Gasteiger partial charge in [0, 0.05) is 9.13 Å². The first-order valence-corrected chi connectivity index (χ1v) is 16.8. The van der Waals surface area contributed by atoms with Crippen LogP contribution in [0.4, 0.5) is 0 Å². The van der Waals surface area contributed by atoms with E-state index in [2.05, 4.69) is 71.1 Å². The first-order valence-electron chi connectivity index (χ1n) is 15.7. The maximum Gasteiger partial charge on any atom is 0.343 e. The molecule has 3 nitrogen and oxygen atoms in total. The van der Waals surface area contributed by atoms with Crippen LogP contribution < -0.4 is 9.47 Å². The Labute approximate surface area is 258 Å². The van der Waals surface area contributed by atoms with E-state index in [9.17, 15) is 4.79 Å². The highest BCUT2D eigenvalue weighted by Crippen LogP contribution is 2.45. The number of esters is 1. The van der Waals surface area contributed by atoms with Gasteiger partial charge in [0.05, 0.1) is 5.56 Å². The standard InChI is InChI=1S/C36H53IO3/c1-24(2)12-9-13-25(3)14-10-15-26(4)16-11-22-36(8)23-21-32-29(7)33(27(5)28(6)34(32)40-36)39-35(38)30-17-19-31(37)20-18-30/h17-20,24-26H,9-16,21-23H2,1-8H3/t25-,26-,36+/m1/s1. The van der Waals surface area contributed by atoms with Crippen molar-refractivity contribution in [3.8, 4) is 11.5 Å². The molecule has 0 saturated carbocycles. The van der Waals surface area contributed by atoms with Gasteiger partial charge in [0.1, 0.15) is 17.1 Å². The molecule has 4 heteroatoms. The fraction of sp³-hybridized carbons (Fsp3) is 0.639. The lowest BCUT2D eigenvalue weighted by atomic mass is 9.83. The molecule has 0 radical (unpaired) electrons. The molecular formula is C36H53IO3. The monoisotopic (exact) mass is 660 g/mol. The summed E-state index contributed by atoms with van der Waals surface area (Å²) in [5.41, 5.74) is 4.75. The summed E-state index contributed by atoms with van der Waals surface area (Å²) in [7, 11) is 0. The van der Waals surface area contributed by atoms with Gasteiger partial charge in [-0.2, -0.15) is 0 Å². The van der Waals surface area contributed by atoms with E-state index in [4.69, 9.17) is 9.47 Å². The predicted molar refractivity (Wildman–Crippen MR) is 177 cm³/mol. The molecular weight excluding hydrogens is 607 g/mol. The lowest BCUT2D eigenvalue weighted by molar-refractivity contribution is 0.0508. The van der Waals surface area contributed by atoms with Gasteiger partial charge < -0.3 is 9.47 Å². The zero-order valence-corrected chi connectivity index (χ0v) is 28.6. The van der Waals surface area contributed by atoms with Crippen molar-refractivity contribution < 1.29 is 14.3 Å². The number of carbonyl (C=O) groups is 1. The van der Waals surface area contributed by atoms with E-state index in [-0.39, 0.29) is 11.6 Å². The summed E-state index contributed by atoms with van der Waals surface area (Å²) in [6.45, 7) is 18.0. The fourth-order valence-corrected chi connectivity index (χ4v) is 6.51. The van der Waals surface area contributed by atoms with Crippen LogP contribution in [0.3, 0.4) is 0 Å². The van der Waals surface area contributed by atoms with Crippen molar-refractivity contribution in [2.75, 3.05) is 0 Å². The number of ether oxygens (including phenoxy) is 2. The van der Waals surface area contributed by atoms with Gasteiger partial charge in [0.2, 0.25) is 0 Å². The van der Waals surface area contributed by atoms with Crippen molar-refractivity contribution in [1.29, 1.82) is 0 Å². The Morgan fingerprint density at radius 3 is 2.05 bits per heavy atom. The van der Waals surface area contributed by atoms with Crippen LogP contribution in [0.15, 0.2) is 24.3 Å². The molecule has 0 amide bonds. The molecule has 0 bridgehead atoms. The number of carbonyl (C=O) groups excluding carboxylic acids is 1. The number of halogens is 1. The van der Waals surface area contributed by atoms with Crippen LogP contribution in [0, 0.1) is 42.1 Å². The van der Waals surface area contributed by atoms with Crippen LogP contribution in [0.2, 0.25) is 0 Å². The lowest BCUT2D eigenvalue weighted by Crippen LogP contribution is -2.37. The molecule has 0 spiro atoms. The number of benzene rings is 2. The summed E-state index contributed by atoms with van der Waals surface area (Å²) in [5, 5.41) is 0. The van der Waals surface area contributed by atoms with Gasteiger partial charge in [-0.15, -0.1) is 0 Å². The second-order valence-corrected chi connectivity index (χ2v) is 14.6. The van der Waals surface area contributed by atoms with E-state index in [1.807, 2.05) is 31.2 Å². The highest BCUT2D eigenvalue weighted by atomic mass is 127. The number of hydrogen-bond donors (Lipinski definition) is 0. The summed E-state index contributed by atoms with van der Waals surface area (Å²) in [6, 6.07) is 7.51. The first-order chi connectivity index (χ1) is 18.9. The Morgan fingerprint density at radius 2 is 1.45 bits per heavy atom. The summed E-state index contributed by atoms with van der Waals surface area (Å²) < 4.78 is 13.8. The first kappa shape index (κ1) is 32.9. The topological polar surface area (TPSA) is 35.5 Å². The van der Waals surface area contributed by atoms with Crippen molar-refractivity contribution in [1.82, 2.24) is 0 Å². The minimum atomic E-state index is -0.307. The third-order valence-electron chi connectivity index (χ3n) is 9.11. The van der Waals surface area contributed by atoms with Gasteiger partial charge in [0.15, 0.2) is 0 Å². The van der Waals surface area contributed by atoms with Crippen LogP contribution >= 0.6 is 22.6 Å². The lowest BCUT2D eigenvalue weighted by Gasteiger charge is -2.38. The van der Waals surface area contributed by atoms with Gasteiger partial charge in [-0.05, 0) is 135 Å². The number of fused-ring (bicyclic) bond motifs is 1. The van der Waals surface area contributed by atoms with Gasteiger partial charge in [-0.1, -0.05) is 72.6 Å². The Balaban J connectivity index is 1.53. The zero-order valence-electron chi connectivity index (χ0n) is 26.4. The summed E-state index contributed by atoms with van der Waals surface area (Å²) >= 11 is 2.24. The number of hydrogen-bond acceptors (Lipinski definition) is 3. The molecule has 1 aliphatic heterocycles. The van der Waals surface area contributed by atoms with Crippen molar-refractivity contribution in [2.45, 2.75) is 132 Å². The quantitative estimate of drug-likeness (QED) is 0.115. The summed E-state index contributed by atoms with van der Waals surface area (Å²) in [4.78, 5) is 12.9. The molecule has 1 aliphatic rings. The summed E-state index contributed by atoms with van der Waals surface area (Å²) in [6.07, 6.45) is 13.7. The third kappa shape index (κ3) is 9.22. The number of rotatable bonds is 14. The minimum Gasteiger partial charge on any atom is -0.487 e. The molecule has 0 unspecified atom stereocenters. The highest BCUT2D eigenvalue weighted by molar-refractivity contribution is 14.1. The van der Waals surface area contributed by atoms with Crippen LogP contribution in [0.1, 0.15) is 131 Å². The average molecular weight is 661 g/mol. The van der Waals surface area contributed by atoms with Crippen molar-refractivity contribution in [3.05, 3.63) is 55.7 Å². The van der Waals surface area contributed by atoms with E-state index in [0.29, 0.717) is 11.3 Å². The molecule has 0 saturated heterocycles. The minimum absolute atomic E-state index is 0.138. The Hall–Kier alpha value is -1.56. The van der Waals surface area contributed by atoms with E-state index in [1.165, 1.54) is 56.9 Å². The van der Waals surface area contributed by atoms with E-state index >= 15 is 0 Å². The maximum atomic E-state index is 12.9. The van der Waals surface area contributed by atoms with E-state index in [1.54, 1.807) is 0 Å². The second-order valence-electron chi connectivity index (χ2n) is 13.3. The van der Waals surface area contributed by atoms with Gasteiger partial charge in [0.25, 0.3) is 0 Å². The highest BCUT2D eigenvalue weighted by Gasteiger charge is 2.35. The molecule has 2 aromatic carbocycles. The molecule has 222 valence electrons. The second kappa shape index (κ2) is 15.1. The summed E-state index contributed by atoms with van der Waals surface area (Å²) in [5.74, 6) is 3.87. The molecule has 0 aromatic heterocycles. The van der Waals surface area contributed by atoms with Gasteiger partial charge in [-0.3, -0.25) is 0 Å². The molecule has 3 atom stereocenters. The normalized spacial score (nSPS) is 18.2. The maximum absolute atomic E-state index is 12.9. The van der Waals surface area contributed by atoms with Crippen molar-refractivity contribution in [2.24, 2.45) is 17.8 Å². The molecule has 3 rings (SSSR count). The molecule has 0 N–H and O–H groups in total. The largest absolute Gasteiger partial charge is 0.487 e. The van der Waals surface area contributed by atoms with Crippen molar-refractivity contribution >= 4 is 28.6 Å². The van der Waals surface area contributed by atoms with Crippen LogP contribution in [0.25, 0.3) is 0 Å². The SMILES string of the molecule is Cc1c(C)c2c(c(C)c1OC(=O)c1ccc(I)cc1)CC[C@](C)(CCC[C@H](C)CCC[C@H](C)CCCC(C)C)O2. The van der Waals surface area contributed by atoms with Crippen LogP contribution in [-0.4, -0.2) is 11.6 Å². The fourth-order valence-electron chi connectivity index (χ4n) is 6.15. The van der Waals surface area contributed by atoms with Crippen LogP contribution in [0.5, 0.6) is 11.5 Å². The molecule has 2 aromatic rings. The third-order valence-corrected chi connectivity index (χ3v) is 9.83. The van der Waals surface area contributed by atoms with Crippen molar-refractivity contribution in [3.63, 3.8) is 0 Å². The molecule has 0 fully saturated rings. The Kier molecular flexibility index (Phi) is 12.4. The van der Waals surface area contributed by atoms with E-state index < -0.39 is 0 Å². The predicted octanol–water partition coefficient (Wildman–Crippen LogP) is 11.0. The Bertz CT molecular complexity index is 1120. The average Bonchev–Trinajstić information content (AvgIpc) is 2.89. The van der Waals surface area contributed by atoms with E-state index in [0.717, 1.165) is 63.0 Å². The smallest absolute Gasteiger partial charge is 0.343 e. The molecule has 40 heavy (non-hydrogen) atoms. The molecule has 1 heterocycles. The zero-order chi connectivity index (χ0) is 29.4.